The van der Waals surface area contributed by atoms with E-state index in [0.717, 1.165) is 18.4 Å². The highest BCUT2D eigenvalue weighted by molar-refractivity contribution is 5.76. The van der Waals surface area contributed by atoms with Gasteiger partial charge in [0.05, 0.1) is 6.04 Å². The number of amides is 1. The van der Waals surface area contributed by atoms with E-state index in [1.807, 2.05) is 30.3 Å². The Bertz CT molecular complexity index is 681. The van der Waals surface area contributed by atoms with Crippen molar-refractivity contribution in [3.05, 3.63) is 52.3 Å². The SMILES string of the molecule is O=C(Cn1cnc([N+](=O)[O-])n1)NC(c1ccccc1)C1CC1. The highest BCUT2D eigenvalue weighted by atomic mass is 16.6. The highest BCUT2D eigenvalue weighted by Crippen LogP contribution is 2.40. The van der Waals surface area contributed by atoms with Gasteiger partial charge in [-0.2, -0.15) is 4.68 Å². The topological polar surface area (TPSA) is 103 Å². The van der Waals surface area contributed by atoms with Gasteiger partial charge >= 0.3 is 5.95 Å². The van der Waals surface area contributed by atoms with Crippen molar-refractivity contribution in [2.45, 2.75) is 25.4 Å². The molecule has 1 atom stereocenters. The molecule has 1 aliphatic carbocycles. The maximum absolute atomic E-state index is 12.1. The molecule has 1 aromatic heterocycles. The Morgan fingerprint density at radius 3 is 2.73 bits per heavy atom. The lowest BCUT2D eigenvalue weighted by atomic mass is 10.0. The molecular formula is C14H15N5O3. The third kappa shape index (κ3) is 3.27. The van der Waals surface area contributed by atoms with Gasteiger partial charge in [-0.25, -0.2) is 0 Å². The van der Waals surface area contributed by atoms with Gasteiger partial charge in [-0.15, -0.1) is 0 Å². The molecule has 1 saturated carbocycles. The molecule has 1 heterocycles. The Kier molecular flexibility index (Phi) is 3.82. The molecule has 3 rings (SSSR count). The molecule has 0 saturated heterocycles. The first-order chi connectivity index (χ1) is 10.6. The van der Waals surface area contributed by atoms with Gasteiger partial charge in [-0.05, 0) is 29.2 Å². The summed E-state index contributed by atoms with van der Waals surface area (Å²) < 4.78 is 1.17. The molecule has 1 aromatic carbocycles. The van der Waals surface area contributed by atoms with Crippen LogP contribution in [-0.4, -0.2) is 25.6 Å². The number of nitrogens with zero attached hydrogens (tertiary/aromatic N) is 4. The van der Waals surface area contributed by atoms with Crippen LogP contribution in [0.5, 0.6) is 0 Å². The predicted molar refractivity (Wildman–Crippen MR) is 76.7 cm³/mol. The van der Waals surface area contributed by atoms with Gasteiger partial charge in [0.25, 0.3) is 0 Å². The molecule has 1 N–H and O–H groups in total. The van der Waals surface area contributed by atoms with Gasteiger partial charge in [0.15, 0.2) is 0 Å². The summed E-state index contributed by atoms with van der Waals surface area (Å²) in [5, 5.41) is 17.1. The van der Waals surface area contributed by atoms with Crippen LogP contribution in [0.2, 0.25) is 0 Å². The van der Waals surface area contributed by atoms with Gasteiger partial charge in [-0.3, -0.25) is 4.79 Å². The molecule has 1 amide bonds. The van der Waals surface area contributed by atoms with Gasteiger partial charge in [0, 0.05) is 5.10 Å². The minimum Gasteiger partial charge on any atom is -0.390 e. The van der Waals surface area contributed by atoms with Crippen LogP contribution in [-0.2, 0) is 11.3 Å². The van der Waals surface area contributed by atoms with E-state index >= 15 is 0 Å². The molecule has 0 spiro atoms. The molecular weight excluding hydrogens is 286 g/mol. The second-order valence-electron chi connectivity index (χ2n) is 5.29. The lowest BCUT2D eigenvalue weighted by Gasteiger charge is -2.18. The fourth-order valence-corrected chi connectivity index (χ4v) is 2.37. The number of carbonyl (C=O) groups excluding carboxylic acids is 1. The standard InChI is InChI=1S/C14H15N5O3/c20-12(8-18-9-15-14(17-18)19(21)22)16-13(11-6-7-11)10-4-2-1-3-5-10/h1-5,9,11,13H,6-8H2,(H,16,20). The number of aromatic nitrogens is 3. The summed E-state index contributed by atoms with van der Waals surface area (Å²) >= 11 is 0. The number of rotatable bonds is 6. The molecule has 2 aromatic rings. The molecule has 8 heteroatoms. The molecule has 0 aliphatic heterocycles. The van der Waals surface area contributed by atoms with E-state index in [1.165, 1.54) is 11.0 Å². The quantitative estimate of drug-likeness (QED) is 0.642. The van der Waals surface area contributed by atoms with E-state index in [1.54, 1.807) is 0 Å². The Hall–Kier alpha value is -2.77. The summed E-state index contributed by atoms with van der Waals surface area (Å²) in [5.41, 5.74) is 1.07. The van der Waals surface area contributed by atoms with Crippen LogP contribution in [0.3, 0.4) is 0 Å². The van der Waals surface area contributed by atoms with Crippen LogP contribution in [0.25, 0.3) is 0 Å². The van der Waals surface area contributed by atoms with Crippen molar-refractivity contribution in [1.29, 1.82) is 0 Å². The van der Waals surface area contributed by atoms with Crippen LogP contribution >= 0.6 is 0 Å². The van der Waals surface area contributed by atoms with Crippen LogP contribution in [0.15, 0.2) is 36.7 Å². The zero-order valence-corrected chi connectivity index (χ0v) is 11.8. The third-order valence-electron chi connectivity index (χ3n) is 3.56. The van der Waals surface area contributed by atoms with Crippen molar-refractivity contribution >= 4 is 11.9 Å². The number of nitro groups is 1. The van der Waals surface area contributed by atoms with Crippen LogP contribution in [0, 0.1) is 16.0 Å². The zero-order chi connectivity index (χ0) is 15.5. The molecule has 0 bridgehead atoms. The number of benzene rings is 1. The maximum Gasteiger partial charge on any atom is 0.490 e. The van der Waals surface area contributed by atoms with E-state index < -0.39 is 10.9 Å². The third-order valence-corrected chi connectivity index (χ3v) is 3.56. The minimum atomic E-state index is -0.689. The van der Waals surface area contributed by atoms with Crippen LogP contribution < -0.4 is 5.32 Å². The zero-order valence-electron chi connectivity index (χ0n) is 11.8. The largest absolute Gasteiger partial charge is 0.490 e. The first-order valence-electron chi connectivity index (χ1n) is 7.01. The van der Waals surface area contributed by atoms with Gasteiger partial charge < -0.3 is 15.4 Å². The number of nitrogens with one attached hydrogen (secondary N) is 1. The van der Waals surface area contributed by atoms with Gasteiger partial charge in [-0.1, -0.05) is 35.3 Å². The lowest BCUT2D eigenvalue weighted by Crippen LogP contribution is -2.32. The Balaban J connectivity index is 1.65. The van der Waals surface area contributed by atoms with E-state index in [2.05, 4.69) is 15.4 Å². The Morgan fingerprint density at radius 1 is 1.41 bits per heavy atom. The van der Waals surface area contributed by atoms with Crippen molar-refractivity contribution in [2.75, 3.05) is 0 Å². The molecule has 22 heavy (non-hydrogen) atoms. The summed E-state index contributed by atoms with van der Waals surface area (Å²) in [6.07, 6.45) is 3.37. The summed E-state index contributed by atoms with van der Waals surface area (Å²) in [6.45, 7) is -0.0864. The molecule has 1 aliphatic rings. The van der Waals surface area contributed by atoms with Crippen molar-refractivity contribution in [3.63, 3.8) is 0 Å². The van der Waals surface area contributed by atoms with E-state index in [9.17, 15) is 14.9 Å². The van der Waals surface area contributed by atoms with E-state index in [0.29, 0.717) is 5.92 Å². The summed E-state index contributed by atoms with van der Waals surface area (Å²) in [4.78, 5) is 25.5. The van der Waals surface area contributed by atoms with Crippen LogP contribution in [0.1, 0.15) is 24.4 Å². The summed E-state index contributed by atoms with van der Waals surface area (Å²) in [7, 11) is 0. The average Bonchev–Trinajstić information content (AvgIpc) is 3.24. The number of hydrogen-bond acceptors (Lipinski definition) is 5. The Morgan fingerprint density at radius 2 is 2.14 bits per heavy atom. The van der Waals surface area contributed by atoms with Gasteiger partial charge in [0.1, 0.15) is 6.54 Å². The molecule has 1 unspecified atom stereocenters. The maximum atomic E-state index is 12.1. The fraction of sp³-hybridized carbons (Fsp3) is 0.357. The fourth-order valence-electron chi connectivity index (χ4n) is 2.37. The molecule has 114 valence electrons. The van der Waals surface area contributed by atoms with Gasteiger partial charge in [0.2, 0.25) is 12.2 Å². The average molecular weight is 301 g/mol. The molecule has 0 radical (unpaired) electrons. The van der Waals surface area contributed by atoms with Crippen molar-refractivity contribution in [3.8, 4) is 0 Å². The first-order valence-corrected chi connectivity index (χ1v) is 7.01. The monoisotopic (exact) mass is 301 g/mol. The van der Waals surface area contributed by atoms with Crippen molar-refractivity contribution < 1.29 is 9.72 Å². The Labute approximate surface area is 126 Å². The first kappa shape index (κ1) is 14.2. The van der Waals surface area contributed by atoms with E-state index in [4.69, 9.17) is 0 Å². The minimum absolute atomic E-state index is 0.0211. The smallest absolute Gasteiger partial charge is 0.390 e. The second kappa shape index (κ2) is 5.92. The van der Waals surface area contributed by atoms with Crippen molar-refractivity contribution in [2.24, 2.45) is 5.92 Å². The lowest BCUT2D eigenvalue weighted by molar-refractivity contribution is -0.394. The second-order valence-corrected chi connectivity index (χ2v) is 5.29. The summed E-state index contributed by atoms with van der Waals surface area (Å²) in [5.74, 6) is -0.286. The van der Waals surface area contributed by atoms with E-state index in [-0.39, 0.29) is 18.5 Å². The van der Waals surface area contributed by atoms with Crippen molar-refractivity contribution in [1.82, 2.24) is 20.1 Å². The van der Waals surface area contributed by atoms with Crippen LogP contribution in [0.4, 0.5) is 5.95 Å². The predicted octanol–water partition coefficient (Wildman–Crippen LogP) is 1.45. The normalized spacial score (nSPS) is 15.3. The molecule has 1 fully saturated rings. The summed E-state index contributed by atoms with van der Waals surface area (Å²) in [6, 6.07) is 9.78. The number of carbonyl (C=O) groups is 1. The number of hydrogen-bond donors (Lipinski definition) is 1. The highest BCUT2D eigenvalue weighted by Gasteiger charge is 2.33. The molecule has 8 nitrogen and oxygen atoms in total.